The lowest BCUT2D eigenvalue weighted by atomic mass is 9.93. The maximum absolute atomic E-state index is 11.7. The highest BCUT2D eigenvalue weighted by Gasteiger charge is 2.17. The Hall–Kier alpha value is -0.830. The minimum Gasteiger partial charge on any atom is -0.396 e. The molecule has 0 aliphatic heterocycles. The molecule has 3 heteroatoms. The largest absolute Gasteiger partial charge is 0.396 e. The second-order valence-corrected chi connectivity index (χ2v) is 4.70. The van der Waals surface area contributed by atoms with Crippen LogP contribution < -0.4 is 5.32 Å². The van der Waals surface area contributed by atoms with Crippen LogP contribution in [0, 0.1) is 11.8 Å². The molecule has 2 atom stereocenters. The summed E-state index contributed by atoms with van der Waals surface area (Å²) in [6, 6.07) is 0. The Morgan fingerprint density at radius 1 is 1.56 bits per heavy atom. The molecule has 1 aliphatic carbocycles. The molecule has 3 nitrogen and oxygen atoms in total. The number of hydrogen-bond donors (Lipinski definition) is 2. The standard InChI is InChI=1S/C13H23NO2/c1-11(10-15)6-5-9-14-13(16)12-7-3-2-4-8-12/h2-3,11-12,15H,4-10H2,1H3,(H,14,16). The summed E-state index contributed by atoms with van der Waals surface area (Å²) < 4.78 is 0. The molecule has 0 radical (unpaired) electrons. The first kappa shape index (κ1) is 13.2. The molecule has 2 unspecified atom stereocenters. The Balaban J connectivity index is 2.08. The second kappa shape index (κ2) is 7.44. The second-order valence-electron chi connectivity index (χ2n) is 4.70. The number of amides is 1. The third-order valence-electron chi connectivity index (χ3n) is 3.12. The fourth-order valence-electron chi connectivity index (χ4n) is 1.93. The number of carbonyl (C=O) groups excluding carboxylic acids is 1. The first-order chi connectivity index (χ1) is 7.74. The van der Waals surface area contributed by atoms with E-state index in [0.717, 1.165) is 38.6 Å². The molecular formula is C13H23NO2. The van der Waals surface area contributed by atoms with Gasteiger partial charge in [0.1, 0.15) is 0 Å². The van der Waals surface area contributed by atoms with Crippen molar-refractivity contribution in [2.75, 3.05) is 13.2 Å². The summed E-state index contributed by atoms with van der Waals surface area (Å²) >= 11 is 0. The fraction of sp³-hybridized carbons (Fsp3) is 0.769. The zero-order valence-electron chi connectivity index (χ0n) is 10.1. The summed E-state index contributed by atoms with van der Waals surface area (Å²) in [4.78, 5) is 11.7. The van der Waals surface area contributed by atoms with Crippen LogP contribution in [0.2, 0.25) is 0 Å². The summed E-state index contributed by atoms with van der Waals surface area (Å²) in [5.41, 5.74) is 0. The van der Waals surface area contributed by atoms with Crippen LogP contribution in [0.1, 0.15) is 39.0 Å². The maximum atomic E-state index is 11.7. The quantitative estimate of drug-likeness (QED) is 0.535. The van der Waals surface area contributed by atoms with E-state index in [9.17, 15) is 4.79 Å². The van der Waals surface area contributed by atoms with Crippen molar-refractivity contribution in [1.29, 1.82) is 0 Å². The van der Waals surface area contributed by atoms with Gasteiger partial charge in [-0.25, -0.2) is 0 Å². The van der Waals surface area contributed by atoms with Gasteiger partial charge < -0.3 is 10.4 Å². The lowest BCUT2D eigenvalue weighted by molar-refractivity contribution is -0.125. The van der Waals surface area contributed by atoms with Crippen molar-refractivity contribution in [3.63, 3.8) is 0 Å². The van der Waals surface area contributed by atoms with Crippen molar-refractivity contribution in [2.45, 2.75) is 39.0 Å². The van der Waals surface area contributed by atoms with Gasteiger partial charge in [-0.05, 0) is 38.0 Å². The van der Waals surface area contributed by atoms with Gasteiger partial charge in [-0.3, -0.25) is 4.79 Å². The minimum absolute atomic E-state index is 0.181. The first-order valence-corrected chi connectivity index (χ1v) is 6.27. The summed E-state index contributed by atoms with van der Waals surface area (Å²) in [6.45, 7) is 3.00. The fourth-order valence-corrected chi connectivity index (χ4v) is 1.93. The average molecular weight is 225 g/mol. The number of hydrogen-bond acceptors (Lipinski definition) is 2. The molecule has 1 rings (SSSR count). The third kappa shape index (κ3) is 4.79. The molecule has 92 valence electrons. The summed E-state index contributed by atoms with van der Waals surface area (Å²) in [5.74, 6) is 0.718. The molecule has 0 aromatic rings. The van der Waals surface area contributed by atoms with Gasteiger partial charge in [0.15, 0.2) is 0 Å². The first-order valence-electron chi connectivity index (χ1n) is 6.27. The van der Waals surface area contributed by atoms with Crippen LogP contribution in [-0.2, 0) is 4.79 Å². The monoisotopic (exact) mass is 225 g/mol. The Kier molecular flexibility index (Phi) is 6.16. The normalized spacial score (nSPS) is 21.8. The Morgan fingerprint density at radius 2 is 2.38 bits per heavy atom. The van der Waals surface area contributed by atoms with Crippen molar-refractivity contribution < 1.29 is 9.90 Å². The van der Waals surface area contributed by atoms with E-state index in [1.807, 2.05) is 6.92 Å². The third-order valence-corrected chi connectivity index (χ3v) is 3.12. The predicted octanol–water partition coefficient (Wildman–Crippen LogP) is 1.87. The molecule has 0 bridgehead atoms. The number of allylic oxidation sites excluding steroid dienone is 2. The summed E-state index contributed by atoms with van der Waals surface area (Å²) in [7, 11) is 0. The molecule has 0 saturated carbocycles. The van der Waals surface area contributed by atoms with E-state index in [1.165, 1.54) is 0 Å². The highest BCUT2D eigenvalue weighted by Crippen LogP contribution is 2.17. The van der Waals surface area contributed by atoms with Crippen LogP contribution in [0.5, 0.6) is 0 Å². The number of aliphatic hydroxyl groups is 1. The van der Waals surface area contributed by atoms with Crippen molar-refractivity contribution in [3.05, 3.63) is 12.2 Å². The zero-order valence-corrected chi connectivity index (χ0v) is 10.1. The van der Waals surface area contributed by atoms with Crippen LogP contribution in [0.15, 0.2) is 12.2 Å². The van der Waals surface area contributed by atoms with E-state index < -0.39 is 0 Å². The maximum Gasteiger partial charge on any atom is 0.223 e. The number of nitrogens with one attached hydrogen (secondary N) is 1. The van der Waals surface area contributed by atoms with Crippen LogP contribution in [0.4, 0.5) is 0 Å². The topological polar surface area (TPSA) is 49.3 Å². The molecule has 0 aromatic heterocycles. The van der Waals surface area contributed by atoms with Crippen LogP contribution in [0.25, 0.3) is 0 Å². The highest BCUT2D eigenvalue weighted by atomic mass is 16.3. The molecule has 0 spiro atoms. The van der Waals surface area contributed by atoms with Gasteiger partial charge in [-0.15, -0.1) is 0 Å². The molecule has 0 aromatic carbocycles. The minimum atomic E-state index is 0.181. The van der Waals surface area contributed by atoms with Gasteiger partial charge >= 0.3 is 0 Å². The van der Waals surface area contributed by atoms with Crippen LogP contribution in [-0.4, -0.2) is 24.2 Å². The van der Waals surface area contributed by atoms with Gasteiger partial charge in [0.25, 0.3) is 0 Å². The number of rotatable bonds is 6. The van der Waals surface area contributed by atoms with E-state index >= 15 is 0 Å². The molecule has 0 heterocycles. The Bertz CT molecular complexity index is 238. The average Bonchev–Trinajstić information content (AvgIpc) is 2.35. The van der Waals surface area contributed by atoms with Gasteiger partial charge in [-0.1, -0.05) is 19.1 Å². The molecular weight excluding hydrogens is 202 g/mol. The molecule has 2 N–H and O–H groups in total. The smallest absolute Gasteiger partial charge is 0.223 e. The van der Waals surface area contributed by atoms with E-state index in [-0.39, 0.29) is 18.4 Å². The number of carbonyl (C=O) groups is 1. The van der Waals surface area contributed by atoms with E-state index in [4.69, 9.17) is 5.11 Å². The zero-order chi connectivity index (χ0) is 11.8. The molecule has 16 heavy (non-hydrogen) atoms. The summed E-state index contributed by atoms with van der Waals surface area (Å²) in [6.07, 6.45) is 9.07. The highest BCUT2D eigenvalue weighted by molar-refractivity contribution is 5.78. The Labute approximate surface area is 97.9 Å². The lowest BCUT2D eigenvalue weighted by Crippen LogP contribution is -2.32. The molecule has 0 saturated heterocycles. The van der Waals surface area contributed by atoms with Crippen molar-refractivity contribution in [3.8, 4) is 0 Å². The van der Waals surface area contributed by atoms with Crippen molar-refractivity contribution in [2.24, 2.45) is 11.8 Å². The molecule has 0 fully saturated rings. The summed E-state index contributed by atoms with van der Waals surface area (Å²) in [5, 5.41) is 11.8. The van der Waals surface area contributed by atoms with Gasteiger partial charge in [0.2, 0.25) is 5.91 Å². The van der Waals surface area contributed by atoms with E-state index in [2.05, 4.69) is 17.5 Å². The predicted molar refractivity (Wildman–Crippen MR) is 65.0 cm³/mol. The Morgan fingerprint density at radius 3 is 3.00 bits per heavy atom. The molecule has 1 aliphatic rings. The van der Waals surface area contributed by atoms with Gasteiger partial charge in [0, 0.05) is 19.1 Å². The number of aliphatic hydroxyl groups excluding tert-OH is 1. The van der Waals surface area contributed by atoms with Gasteiger partial charge in [0.05, 0.1) is 0 Å². The van der Waals surface area contributed by atoms with Crippen molar-refractivity contribution >= 4 is 5.91 Å². The van der Waals surface area contributed by atoms with Crippen molar-refractivity contribution in [1.82, 2.24) is 5.32 Å². The van der Waals surface area contributed by atoms with Crippen LogP contribution >= 0.6 is 0 Å². The van der Waals surface area contributed by atoms with Crippen LogP contribution in [0.3, 0.4) is 0 Å². The van der Waals surface area contributed by atoms with E-state index in [1.54, 1.807) is 0 Å². The molecule has 1 amide bonds. The SMILES string of the molecule is CC(CO)CCCNC(=O)C1CC=CCC1. The van der Waals surface area contributed by atoms with E-state index in [0.29, 0.717) is 5.92 Å². The van der Waals surface area contributed by atoms with Gasteiger partial charge in [-0.2, -0.15) is 0 Å². The lowest BCUT2D eigenvalue weighted by Gasteiger charge is -2.17.